The van der Waals surface area contributed by atoms with Crippen LogP contribution in [0.4, 0.5) is 10.8 Å². The van der Waals surface area contributed by atoms with Gasteiger partial charge in [-0.05, 0) is 17.7 Å². The van der Waals surface area contributed by atoms with Gasteiger partial charge in [0.25, 0.3) is 5.91 Å². The molecule has 0 aliphatic carbocycles. The van der Waals surface area contributed by atoms with Gasteiger partial charge in [-0.1, -0.05) is 12.1 Å². The second-order valence-corrected chi connectivity index (χ2v) is 5.73. The lowest BCUT2D eigenvalue weighted by Crippen LogP contribution is -2.21. The highest BCUT2D eigenvalue weighted by Gasteiger charge is 2.14. The van der Waals surface area contributed by atoms with Crippen molar-refractivity contribution in [3.05, 3.63) is 40.9 Å². The maximum atomic E-state index is 11.8. The van der Waals surface area contributed by atoms with E-state index in [2.05, 4.69) is 15.6 Å². The van der Waals surface area contributed by atoms with Crippen molar-refractivity contribution in [1.29, 1.82) is 5.26 Å². The summed E-state index contributed by atoms with van der Waals surface area (Å²) in [5.74, 6) is -1.56. The maximum Gasteiger partial charge on any atom is 0.358 e. The number of amides is 2. The predicted molar refractivity (Wildman–Crippen MR) is 91.1 cm³/mol. The fourth-order valence-corrected chi connectivity index (χ4v) is 2.50. The fraction of sp³-hybridized carbons (Fsp3) is 0.188. The SMILES string of the molecule is CC(=O)Nc1nc(C(=O)OCC(=O)Nc2ccc(CC#N)cc2)cs1. The first-order chi connectivity index (χ1) is 12.0. The van der Waals surface area contributed by atoms with E-state index in [-0.39, 0.29) is 16.7 Å². The third-order valence-corrected chi connectivity index (χ3v) is 3.61. The van der Waals surface area contributed by atoms with Crippen molar-refractivity contribution in [1.82, 2.24) is 4.98 Å². The molecule has 0 saturated carbocycles. The number of nitrogens with one attached hydrogen (secondary N) is 2. The van der Waals surface area contributed by atoms with Gasteiger partial charge >= 0.3 is 5.97 Å². The molecule has 2 aromatic rings. The number of benzene rings is 1. The van der Waals surface area contributed by atoms with Crippen LogP contribution in [0.15, 0.2) is 29.6 Å². The van der Waals surface area contributed by atoms with E-state index < -0.39 is 18.5 Å². The summed E-state index contributed by atoms with van der Waals surface area (Å²) in [5.41, 5.74) is 1.39. The molecule has 0 aliphatic heterocycles. The smallest absolute Gasteiger partial charge is 0.358 e. The predicted octanol–water partition coefficient (Wildman–Crippen LogP) is 1.96. The summed E-state index contributed by atoms with van der Waals surface area (Å²) in [7, 11) is 0. The Morgan fingerprint density at radius 3 is 2.60 bits per heavy atom. The van der Waals surface area contributed by atoms with Gasteiger partial charge in [-0.3, -0.25) is 9.59 Å². The van der Waals surface area contributed by atoms with Crippen LogP contribution in [0.25, 0.3) is 0 Å². The lowest BCUT2D eigenvalue weighted by molar-refractivity contribution is -0.119. The molecule has 0 atom stereocenters. The topological polar surface area (TPSA) is 121 Å². The van der Waals surface area contributed by atoms with E-state index in [1.807, 2.05) is 6.07 Å². The number of esters is 1. The summed E-state index contributed by atoms with van der Waals surface area (Å²) >= 11 is 1.08. The van der Waals surface area contributed by atoms with Gasteiger partial charge < -0.3 is 15.4 Å². The number of carbonyl (C=O) groups excluding carboxylic acids is 3. The van der Waals surface area contributed by atoms with Gasteiger partial charge in [-0.2, -0.15) is 5.26 Å². The summed E-state index contributed by atoms with van der Waals surface area (Å²) in [4.78, 5) is 38.4. The van der Waals surface area contributed by atoms with E-state index in [9.17, 15) is 14.4 Å². The second kappa shape index (κ2) is 8.56. The Hall–Kier alpha value is -3.25. The zero-order valence-electron chi connectivity index (χ0n) is 13.2. The first-order valence-corrected chi connectivity index (χ1v) is 8.02. The average molecular weight is 358 g/mol. The standard InChI is InChI=1S/C16H14N4O4S/c1-10(21)18-16-20-13(9-25-16)15(23)24-8-14(22)19-12-4-2-11(3-5-12)6-7-17/h2-5,9H,6,8H2,1H3,(H,19,22)(H,18,20,21). The van der Waals surface area contributed by atoms with Crippen LogP contribution in [0.3, 0.4) is 0 Å². The van der Waals surface area contributed by atoms with Crippen LogP contribution < -0.4 is 10.6 Å². The van der Waals surface area contributed by atoms with E-state index in [1.165, 1.54) is 12.3 Å². The molecule has 0 fully saturated rings. The normalized spacial score (nSPS) is 9.76. The molecule has 2 N–H and O–H groups in total. The van der Waals surface area contributed by atoms with E-state index in [0.29, 0.717) is 12.1 Å². The number of carbonyl (C=O) groups is 3. The highest BCUT2D eigenvalue weighted by atomic mass is 32.1. The van der Waals surface area contributed by atoms with Crippen molar-refractivity contribution in [2.24, 2.45) is 0 Å². The van der Waals surface area contributed by atoms with E-state index in [1.54, 1.807) is 24.3 Å². The molecular weight excluding hydrogens is 344 g/mol. The summed E-state index contributed by atoms with van der Waals surface area (Å²) in [6.45, 7) is 0.863. The van der Waals surface area contributed by atoms with Gasteiger partial charge in [-0.25, -0.2) is 9.78 Å². The molecule has 2 amide bonds. The summed E-state index contributed by atoms with van der Waals surface area (Å²) in [6.07, 6.45) is 0.292. The van der Waals surface area contributed by atoms with E-state index in [0.717, 1.165) is 16.9 Å². The number of aromatic nitrogens is 1. The Morgan fingerprint density at radius 1 is 1.24 bits per heavy atom. The van der Waals surface area contributed by atoms with Crippen molar-refractivity contribution in [3.8, 4) is 6.07 Å². The van der Waals surface area contributed by atoms with Gasteiger partial charge in [-0.15, -0.1) is 11.3 Å². The van der Waals surface area contributed by atoms with E-state index in [4.69, 9.17) is 10.00 Å². The first kappa shape index (κ1) is 18.1. The highest BCUT2D eigenvalue weighted by molar-refractivity contribution is 7.14. The molecule has 0 saturated heterocycles. The minimum atomic E-state index is -0.757. The van der Waals surface area contributed by atoms with Crippen LogP contribution in [0.2, 0.25) is 0 Å². The zero-order valence-corrected chi connectivity index (χ0v) is 14.1. The van der Waals surface area contributed by atoms with E-state index >= 15 is 0 Å². The van der Waals surface area contributed by atoms with Crippen molar-refractivity contribution < 1.29 is 19.1 Å². The summed E-state index contributed by atoms with van der Waals surface area (Å²) in [6, 6.07) is 8.80. The molecule has 0 aliphatic rings. The number of hydrogen-bond acceptors (Lipinski definition) is 7. The number of hydrogen-bond donors (Lipinski definition) is 2. The third-order valence-electron chi connectivity index (χ3n) is 2.85. The molecule has 1 heterocycles. The van der Waals surface area contributed by atoms with Crippen molar-refractivity contribution in [2.75, 3.05) is 17.2 Å². The largest absolute Gasteiger partial charge is 0.451 e. The van der Waals surface area contributed by atoms with Gasteiger partial charge in [0.15, 0.2) is 17.4 Å². The number of ether oxygens (including phenoxy) is 1. The fourth-order valence-electron chi connectivity index (χ4n) is 1.77. The van der Waals surface area contributed by atoms with Crippen LogP contribution in [0.1, 0.15) is 23.0 Å². The van der Waals surface area contributed by atoms with Gasteiger partial charge in [0.1, 0.15) is 0 Å². The number of thiazole rings is 1. The molecule has 25 heavy (non-hydrogen) atoms. The molecule has 1 aromatic heterocycles. The lowest BCUT2D eigenvalue weighted by Gasteiger charge is -2.06. The molecule has 0 bridgehead atoms. The molecule has 9 heteroatoms. The zero-order chi connectivity index (χ0) is 18.2. The molecule has 128 valence electrons. The Labute approximate surface area is 147 Å². The molecule has 1 aromatic carbocycles. The number of nitrogens with zero attached hydrogens (tertiary/aromatic N) is 2. The Balaban J connectivity index is 1.82. The summed E-state index contributed by atoms with van der Waals surface area (Å²) < 4.78 is 4.88. The summed E-state index contributed by atoms with van der Waals surface area (Å²) in [5, 5.41) is 15.3. The molecule has 0 unspecified atom stereocenters. The van der Waals surface area contributed by atoms with Crippen molar-refractivity contribution in [3.63, 3.8) is 0 Å². The van der Waals surface area contributed by atoms with Crippen LogP contribution in [-0.4, -0.2) is 29.4 Å². The minimum absolute atomic E-state index is 0.0161. The molecule has 8 nitrogen and oxygen atoms in total. The maximum absolute atomic E-state index is 11.8. The van der Waals surface area contributed by atoms with Crippen LogP contribution in [0.5, 0.6) is 0 Å². The van der Waals surface area contributed by atoms with Gasteiger partial charge in [0, 0.05) is 18.0 Å². The quantitative estimate of drug-likeness (QED) is 0.761. The van der Waals surface area contributed by atoms with Crippen molar-refractivity contribution >= 4 is 39.9 Å². The highest BCUT2D eigenvalue weighted by Crippen LogP contribution is 2.16. The lowest BCUT2D eigenvalue weighted by atomic mass is 10.1. The average Bonchev–Trinajstić information content (AvgIpc) is 3.02. The second-order valence-electron chi connectivity index (χ2n) is 4.88. The first-order valence-electron chi connectivity index (χ1n) is 7.14. The Bertz CT molecular complexity index is 823. The molecular formula is C16H14N4O4S. The van der Waals surface area contributed by atoms with Crippen LogP contribution >= 0.6 is 11.3 Å². The third kappa shape index (κ3) is 5.71. The Kier molecular flexibility index (Phi) is 6.20. The minimum Gasteiger partial charge on any atom is -0.451 e. The van der Waals surface area contributed by atoms with Crippen molar-refractivity contribution in [2.45, 2.75) is 13.3 Å². The van der Waals surface area contributed by atoms with Crippen LogP contribution in [0, 0.1) is 11.3 Å². The van der Waals surface area contributed by atoms with Gasteiger partial charge in [0.2, 0.25) is 5.91 Å². The van der Waals surface area contributed by atoms with Gasteiger partial charge in [0.05, 0.1) is 12.5 Å². The number of anilines is 2. The molecule has 0 radical (unpaired) electrons. The number of nitriles is 1. The molecule has 0 spiro atoms. The molecule has 2 rings (SSSR count). The number of rotatable bonds is 6. The Morgan fingerprint density at radius 2 is 1.96 bits per heavy atom. The monoisotopic (exact) mass is 358 g/mol. The van der Waals surface area contributed by atoms with Crippen LogP contribution in [-0.2, 0) is 20.7 Å².